The number of nitriles is 1. The van der Waals surface area contributed by atoms with Crippen molar-refractivity contribution in [3.05, 3.63) is 66.7 Å². The van der Waals surface area contributed by atoms with Crippen LogP contribution >= 0.6 is 11.8 Å². The Labute approximate surface area is 179 Å². The number of hydrogen-bond acceptors (Lipinski definition) is 6. The Balaban J connectivity index is 1.84. The minimum Gasteiger partial charge on any atom is -0.496 e. The number of rotatable bonds is 8. The molecule has 0 aliphatic rings. The van der Waals surface area contributed by atoms with E-state index in [1.54, 1.807) is 44.4 Å². The zero-order chi connectivity index (χ0) is 21.5. The van der Waals surface area contributed by atoms with Crippen molar-refractivity contribution in [2.75, 3.05) is 12.4 Å². The van der Waals surface area contributed by atoms with Crippen molar-refractivity contribution in [3.8, 4) is 23.2 Å². The smallest absolute Gasteiger partial charge is 0.237 e. The van der Waals surface area contributed by atoms with Crippen molar-refractivity contribution in [1.82, 2.24) is 14.8 Å². The Morgan fingerprint density at radius 3 is 2.77 bits per heavy atom. The fourth-order valence-electron chi connectivity index (χ4n) is 2.83. The maximum absolute atomic E-state index is 12.7. The van der Waals surface area contributed by atoms with Crippen LogP contribution in [0, 0.1) is 11.3 Å². The van der Waals surface area contributed by atoms with Crippen LogP contribution in [0.4, 0.5) is 5.69 Å². The van der Waals surface area contributed by atoms with E-state index in [9.17, 15) is 10.1 Å². The van der Waals surface area contributed by atoms with Gasteiger partial charge in [-0.15, -0.1) is 16.8 Å². The van der Waals surface area contributed by atoms with Crippen LogP contribution in [0.3, 0.4) is 0 Å². The van der Waals surface area contributed by atoms with Crippen molar-refractivity contribution in [2.24, 2.45) is 0 Å². The number of nitrogens with one attached hydrogen (secondary N) is 1. The summed E-state index contributed by atoms with van der Waals surface area (Å²) in [5, 5.41) is 20.8. The molecule has 1 N–H and O–H groups in total. The first-order valence-corrected chi connectivity index (χ1v) is 10.1. The molecule has 1 heterocycles. The van der Waals surface area contributed by atoms with Gasteiger partial charge >= 0.3 is 0 Å². The van der Waals surface area contributed by atoms with E-state index in [2.05, 4.69) is 28.2 Å². The van der Waals surface area contributed by atoms with Gasteiger partial charge in [0, 0.05) is 6.54 Å². The second-order valence-corrected chi connectivity index (χ2v) is 7.62. The van der Waals surface area contributed by atoms with E-state index < -0.39 is 5.25 Å². The minimum atomic E-state index is -0.463. The number of hydrogen-bond donors (Lipinski definition) is 1. The Hall–Kier alpha value is -3.57. The van der Waals surface area contributed by atoms with Gasteiger partial charge in [0.2, 0.25) is 5.91 Å². The Kier molecular flexibility index (Phi) is 6.88. The van der Waals surface area contributed by atoms with Crippen LogP contribution in [-0.4, -0.2) is 33.0 Å². The van der Waals surface area contributed by atoms with E-state index in [-0.39, 0.29) is 5.91 Å². The molecule has 0 saturated carbocycles. The summed E-state index contributed by atoms with van der Waals surface area (Å²) >= 11 is 1.29. The number of carbonyl (C=O) groups is 1. The molecule has 0 saturated heterocycles. The zero-order valence-corrected chi connectivity index (χ0v) is 17.5. The van der Waals surface area contributed by atoms with Crippen LogP contribution in [0.1, 0.15) is 12.5 Å². The molecule has 0 aliphatic heterocycles. The highest BCUT2D eigenvalue weighted by Crippen LogP contribution is 2.32. The summed E-state index contributed by atoms with van der Waals surface area (Å²) in [7, 11) is 1.61. The second kappa shape index (κ2) is 9.76. The average molecular weight is 420 g/mol. The summed E-state index contributed by atoms with van der Waals surface area (Å²) in [6, 6.07) is 16.5. The normalized spacial score (nSPS) is 11.4. The third kappa shape index (κ3) is 4.53. The summed E-state index contributed by atoms with van der Waals surface area (Å²) in [6.45, 7) is 6.08. The summed E-state index contributed by atoms with van der Waals surface area (Å²) in [6.07, 6.45) is 1.75. The molecule has 0 aliphatic carbocycles. The fraction of sp³-hybridized carbons (Fsp3) is 0.182. The molecule has 1 aromatic heterocycles. The molecule has 3 rings (SSSR count). The standard InChI is InChI=1S/C22H21N5O2S/c1-4-13-27-20(17-10-6-8-12-19(17)29-3)25-26-22(27)30-15(2)21(28)24-18-11-7-5-9-16(18)14-23/h4-12,15H,1,13H2,2-3H3,(H,24,28)/t15-/m1/s1. The molecule has 1 atom stereocenters. The number of methoxy groups -OCH3 is 1. The SMILES string of the molecule is C=CCn1c(S[C@H](C)C(=O)Nc2ccccc2C#N)nnc1-c1ccccc1OC. The molecule has 0 spiro atoms. The second-order valence-electron chi connectivity index (χ2n) is 6.31. The summed E-state index contributed by atoms with van der Waals surface area (Å²) in [5.41, 5.74) is 1.71. The monoisotopic (exact) mass is 419 g/mol. The Bertz CT molecular complexity index is 1100. The van der Waals surface area contributed by atoms with E-state index in [0.29, 0.717) is 34.5 Å². The molecule has 8 heteroatoms. The van der Waals surface area contributed by atoms with E-state index in [4.69, 9.17) is 4.74 Å². The first kappa shape index (κ1) is 21.1. The molecular formula is C22H21N5O2S. The fourth-order valence-corrected chi connectivity index (χ4v) is 3.69. The molecule has 0 fully saturated rings. The predicted octanol–water partition coefficient (Wildman–Crippen LogP) is 4.13. The lowest BCUT2D eigenvalue weighted by Crippen LogP contribution is -2.23. The van der Waals surface area contributed by atoms with Gasteiger partial charge < -0.3 is 10.1 Å². The number of amides is 1. The highest BCUT2D eigenvalue weighted by molar-refractivity contribution is 8.00. The van der Waals surface area contributed by atoms with Crippen LogP contribution in [0.2, 0.25) is 0 Å². The number of thioether (sulfide) groups is 1. The van der Waals surface area contributed by atoms with Crippen molar-refractivity contribution < 1.29 is 9.53 Å². The van der Waals surface area contributed by atoms with Gasteiger partial charge in [0.1, 0.15) is 11.8 Å². The van der Waals surface area contributed by atoms with E-state index in [1.807, 2.05) is 28.8 Å². The summed E-state index contributed by atoms with van der Waals surface area (Å²) in [4.78, 5) is 12.7. The predicted molar refractivity (Wildman–Crippen MR) is 117 cm³/mol. The lowest BCUT2D eigenvalue weighted by molar-refractivity contribution is -0.115. The van der Waals surface area contributed by atoms with Crippen LogP contribution < -0.4 is 10.1 Å². The average Bonchev–Trinajstić information content (AvgIpc) is 3.16. The number of allylic oxidation sites excluding steroid dienone is 1. The number of carbonyl (C=O) groups excluding carboxylic acids is 1. The van der Waals surface area contributed by atoms with Gasteiger partial charge in [-0.05, 0) is 31.2 Å². The lowest BCUT2D eigenvalue weighted by atomic mass is 10.2. The number of anilines is 1. The largest absolute Gasteiger partial charge is 0.496 e. The number of aromatic nitrogens is 3. The number of benzene rings is 2. The van der Waals surface area contributed by atoms with Gasteiger partial charge in [-0.2, -0.15) is 5.26 Å². The van der Waals surface area contributed by atoms with Gasteiger partial charge in [0.05, 0.1) is 29.2 Å². The number of para-hydroxylation sites is 2. The molecule has 3 aromatic rings. The molecule has 0 bridgehead atoms. The molecule has 7 nitrogen and oxygen atoms in total. The van der Waals surface area contributed by atoms with Crippen molar-refractivity contribution >= 4 is 23.4 Å². The highest BCUT2D eigenvalue weighted by atomic mass is 32.2. The van der Waals surface area contributed by atoms with Gasteiger partial charge in [-0.3, -0.25) is 9.36 Å². The molecule has 2 aromatic carbocycles. The van der Waals surface area contributed by atoms with Crippen molar-refractivity contribution in [3.63, 3.8) is 0 Å². The van der Waals surface area contributed by atoms with Crippen molar-refractivity contribution in [1.29, 1.82) is 5.26 Å². The number of nitrogens with zero attached hydrogens (tertiary/aromatic N) is 4. The quantitative estimate of drug-likeness (QED) is 0.436. The lowest BCUT2D eigenvalue weighted by Gasteiger charge is -2.14. The van der Waals surface area contributed by atoms with E-state index in [1.165, 1.54) is 11.8 Å². The third-order valence-electron chi connectivity index (χ3n) is 4.33. The summed E-state index contributed by atoms with van der Waals surface area (Å²) in [5.74, 6) is 1.10. The van der Waals surface area contributed by atoms with Crippen LogP contribution in [0.25, 0.3) is 11.4 Å². The molecule has 1 amide bonds. The first-order valence-electron chi connectivity index (χ1n) is 9.23. The molecule has 30 heavy (non-hydrogen) atoms. The van der Waals surface area contributed by atoms with Gasteiger partial charge in [0.15, 0.2) is 11.0 Å². The topological polar surface area (TPSA) is 92.8 Å². The Morgan fingerprint density at radius 2 is 2.03 bits per heavy atom. The summed E-state index contributed by atoms with van der Waals surface area (Å²) < 4.78 is 7.34. The Morgan fingerprint density at radius 1 is 1.30 bits per heavy atom. The van der Waals surface area contributed by atoms with Gasteiger partial charge in [-0.1, -0.05) is 42.1 Å². The van der Waals surface area contributed by atoms with E-state index >= 15 is 0 Å². The van der Waals surface area contributed by atoms with Crippen molar-refractivity contribution in [2.45, 2.75) is 23.9 Å². The zero-order valence-electron chi connectivity index (χ0n) is 16.7. The first-order chi connectivity index (χ1) is 14.6. The van der Waals surface area contributed by atoms with Gasteiger partial charge in [-0.25, -0.2) is 0 Å². The molecule has 0 unspecified atom stereocenters. The number of ether oxygens (including phenoxy) is 1. The van der Waals surface area contributed by atoms with Crippen LogP contribution in [0.5, 0.6) is 5.75 Å². The highest BCUT2D eigenvalue weighted by Gasteiger charge is 2.22. The molecule has 0 radical (unpaired) electrons. The maximum atomic E-state index is 12.7. The maximum Gasteiger partial charge on any atom is 0.237 e. The van der Waals surface area contributed by atoms with Crippen LogP contribution in [-0.2, 0) is 11.3 Å². The minimum absolute atomic E-state index is 0.227. The third-order valence-corrected chi connectivity index (χ3v) is 5.41. The molecular weight excluding hydrogens is 398 g/mol. The van der Waals surface area contributed by atoms with Gasteiger partial charge in [0.25, 0.3) is 0 Å². The van der Waals surface area contributed by atoms with E-state index in [0.717, 1.165) is 5.56 Å². The van der Waals surface area contributed by atoms with Crippen LogP contribution in [0.15, 0.2) is 66.3 Å². The molecule has 152 valence electrons.